The molecule has 0 unspecified atom stereocenters. The van der Waals surface area contributed by atoms with Gasteiger partial charge in [-0.3, -0.25) is 4.79 Å². The standard InChI is InChI=1S/C17H16BrF3N6O2.CH2O2/c1-3-27-11-6-9(29-17(19,20)21)4-5-10(11)26(2)13(27)8-24-16(28)14-15(22)23-7-12(18)25-14;2-1-3/h4-7H,3,8H2,1-2H3,(H2-,22,23,24,28);1H,(H,2,3). The van der Waals surface area contributed by atoms with Crippen LogP contribution in [0.3, 0.4) is 0 Å². The van der Waals surface area contributed by atoms with E-state index in [0.717, 1.165) is 0 Å². The predicted octanol–water partition coefficient (Wildman–Crippen LogP) is 0.815. The number of halogens is 4. The van der Waals surface area contributed by atoms with Gasteiger partial charge in [0.2, 0.25) is 0 Å². The molecule has 0 atom stereocenters. The third kappa shape index (κ3) is 5.84. The second-order valence-electron chi connectivity index (χ2n) is 6.12. The lowest BCUT2D eigenvalue weighted by atomic mass is 10.3. The molecule has 0 fully saturated rings. The zero-order valence-electron chi connectivity index (χ0n) is 16.8. The van der Waals surface area contributed by atoms with Crippen LogP contribution in [-0.2, 0) is 24.9 Å². The molecule has 0 aliphatic heterocycles. The normalized spacial score (nSPS) is 10.9. The molecular weight excluding hydrogens is 501 g/mol. The summed E-state index contributed by atoms with van der Waals surface area (Å²) >= 11 is 3.14. The molecule has 14 heteroatoms. The highest BCUT2D eigenvalue weighted by molar-refractivity contribution is 9.10. The Morgan fingerprint density at radius 3 is 2.69 bits per heavy atom. The highest BCUT2D eigenvalue weighted by atomic mass is 79.9. The maximum absolute atomic E-state index is 12.5. The number of benzene rings is 1. The van der Waals surface area contributed by atoms with Gasteiger partial charge in [0.1, 0.15) is 16.9 Å². The van der Waals surface area contributed by atoms with E-state index in [9.17, 15) is 18.0 Å². The molecule has 0 saturated heterocycles. The fraction of sp³-hybridized carbons (Fsp3) is 0.278. The Balaban J connectivity index is 0.00000114. The van der Waals surface area contributed by atoms with E-state index in [0.29, 0.717) is 28.0 Å². The zero-order valence-corrected chi connectivity index (χ0v) is 18.4. The topological polar surface area (TPSA) is 139 Å². The summed E-state index contributed by atoms with van der Waals surface area (Å²) in [7, 11) is 1.76. The van der Waals surface area contributed by atoms with E-state index >= 15 is 0 Å². The van der Waals surface area contributed by atoms with Gasteiger partial charge in [-0.1, -0.05) is 0 Å². The summed E-state index contributed by atoms with van der Waals surface area (Å²) < 4.78 is 45.5. The number of carboxylic acid groups (broad SMARTS) is 1. The Labute approximate surface area is 188 Å². The molecule has 0 saturated carbocycles. The van der Waals surface area contributed by atoms with Crippen molar-refractivity contribution < 1.29 is 37.2 Å². The van der Waals surface area contributed by atoms with Crippen LogP contribution in [0, 0.1) is 0 Å². The smallest absolute Gasteiger partial charge is 0.554 e. The number of fused-ring (bicyclic) bond motifs is 1. The minimum atomic E-state index is -4.78. The maximum atomic E-state index is 12.5. The molecule has 0 spiro atoms. The largest absolute Gasteiger partial charge is 0.573 e. The fourth-order valence-corrected chi connectivity index (χ4v) is 3.29. The number of nitrogen functional groups attached to an aromatic ring is 1. The van der Waals surface area contributed by atoms with Gasteiger partial charge in [0.15, 0.2) is 22.5 Å². The number of carbonyl (C=O) groups is 2. The number of alkyl halides is 3. The zero-order chi connectivity index (χ0) is 24.1. The number of rotatable bonds is 5. The van der Waals surface area contributed by atoms with Crippen molar-refractivity contribution in [3.8, 4) is 5.75 Å². The summed E-state index contributed by atoms with van der Waals surface area (Å²) in [5.41, 5.74) is 6.91. The van der Waals surface area contributed by atoms with E-state index in [1.54, 1.807) is 16.2 Å². The molecule has 0 bridgehead atoms. The number of nitrogens with one attached hydrogen (secondary N) is 1. The number of aryl methyl sites for hydroxylation is 2. The summed E-state index contributed by atoms with van der Waals surface area (Å²) in [5.74, 6) is -0.183. The number of carbonyl (C=O) groups excluding carboxylic acids is 2. The number of nitrogens with zero attached hydrogens (tertiary/aromatic N) is 4. The highest BCUT2D eigenvalue weighted by Crippen LogP contribution is 2.26. The summed E-state index contributed by atoms with van der Waals surface area (Å²) in [6.45, 7) is 1.91. The van der Waals surface area contributed by atoms with Crippen LogP contribution in [0.4, 0.5) is 19.0 Å². The fourth-order valence-electron chi connectivity index (χ4n) is 3.01. The van der Waals surface area contributed by atoms with Crippen LogP contribution in [0.5, 0.6) is 5.75 Å². The molecule has 2 heterocycles. The predicted molar refractivity (Wildman–Crippen MR) is 107 cm³/mol. The molecule has 0 aliphatic carbocycles. The van der Waals surface area contributed by atoms with Gasteiger partial charge in [-0.2, -0.15) is 0 Å². The van der Waals surface area contributed by atoms with Crippen LogP contribution in [0.15, 0.2) is 29.0 Å². The minimum Gasteiger partial charge on any atom is -0.554 e. The van der Waals surface area contributed by atoms with Crippen LogP contribution >= 0.6 is 15.9 Å². The van der Waals surface area contributed by atoms with Gasteiger partial charge in [-0.25, -0.2) is 19.1 Å². The van der Waals surface area contributed by atoms with E-state index < -0.39 is 18.7 Å². The molecule has 0 aliphatic rings. The number of imidazole rings is 1. The first kappa shape index (κ1) is 24.8. The summed E-state index contributed by atoms with van der Waals surface area (Å²) in [5, 5.41) is 11.0. The Kier molecular flexibility index (Phi) is 7.97. The van der Waals surface area contributed by atoms with E-state index in [2.05, 4.69) is 36.0 Å². The molecule has 3 rings (SSSR count). The molecule has 0 radical (unpaired) electrons. The average molecular weight is 519 g/mol. The molecule has 3 N–H and O–H groups in total. The van der Waals surface area contributed by atoms with Crippen molar-refractivity contribution >= 4 is 45.2 Å². The minimum absolute atomic E-state index is 0.0138. The van der Waals surface area contributed by atoms with Crippen LogP contribution < -0.4 is 25.5 Å². The van der Waals surface area contributed by atoms with Crippen molar-refractivity contribution in [1.82, 2.24) is 19.9 Å². The lowest BCUT2D eigenvalue weighted by Crippen LogP contribution is -2.38. The molecular formula is C18H18BrF3N6O4. The van der Waals surface area contributed by atoms with E-state index in [1.165, 1.54) is 24.4 Å². The van der Waals surface area contributed by atoms with Crippen LogP contribution in [0.2, 0.25) is 0 Å². The number of hydrogen-bond donors (Lipinski definition) is 2. The van der Waals surface area contributed by atoms with E-state index in [4.69, 9.17) is 15.6 Å². The number of nitrogens with two attached hydrogens (primary N) is 1. The van der Waals surface area contributed by atoms with Gasteiger partial charge in [0.25, 0.3) is 11.7 Å². The van der Waals surface area contributed by atoms with Gasteiger partial charge in [-0.15, -0.1) is 13.2 Å². The third-order valence-electron chi connectivity index (χ3n) is 4.24. The Morgan fingerprint density at radius 1 is 1.44 bits per heavy atom. The van der Waals surface area contributed by atoms with Crippen LogP contribution in [0.25, 0.3) is 11.0 Å². The second-order valence-corrected chi connectivity index (χ2v) is 6.94. The lowest BCUT2D eigenvalue weighted by molar-refractivity contribution is -0.654. The van der Waals surface area contributed by atoms with Crippen molar-refractivity contribution in [2.45, 2.75) is 26.4 Å². The van der Waals surface area contributed by atoms with Crippen molar-refractivity contribution in [2.24, 2.45) is 7.05 Å². The summed E-state index contributed by atoms with van der Waals surface area (Å²) in [4.78, 5) is 28.6. The molecule has 172 valence electrons. The van der Waals surface area contributed by atoms with Gasteiger partial charge in [-0.05, 0) is 35.0 Å². The van der Waals surface area contributed by atoms with Crippen molar-refractivity contribution in [1.29, 1.82) is 0 Å². The third-order valence-corrected chi connectivity index (χ3v) is 4.62. The number of amides is 1. The first-order valence-electron chi connectivity index (χ1n) is 8.91. The quantitative estimate of drug-likeness (QED) is 0.376. The maximum Gasteiger partial charge on any atom is 0.573 e. The number of ether oxygens (including phenoxy) is 1. The van der Waals surface area contributed by atoms with Crippen LogP contribution in [0.1, 0.15) is 23.2 Å². The van der Waals surface area contributed by atoms with Gasteiger partial charge >= 0.3 is 6.36 Å². The first-order chi connectivity index (χ1) is 15.0. The van der Waals surface area contributed by atoms with Crippen molar-refractivity contribution in [2.75, 3.05) is 5.73 Å². The molecule has 10 nitrogen and oxygen atoms in total. The highest BCUT2D eigenvalue weighted by Gasteiger charge is 2.32. The lowest BCUT2D eigenvalue weighted by Gasteiger charge is -2.08. The Bertz CT molecular complexity index is 1140. The number of anilines is 1. The molecule has 1 aromatic carbocycles. The molecule has 32 heavy (non-hydrogen) atoms. The Hall–Kier alpha value is -3.42. The van der Waals surface area contributed by atoms with Gasteiger partial charge in [0, 0.05) is 12.5 Å². The Morgan fingerprint density at radius 2 is 2.09 bits per heavy atom. The van der Waals surface area contributed by atoms with Crippen molar-refractivity contribution in [3.05, 3.63) is 40.5 Å². The number of hydrogen-bond acceptors (Lipinski definition) is 7. The molecule has 2 aromatic heterocycles. The van der Waals surface area contributed by atoms with Gasteiger partial charge < -0.3 is 25.7 Å². The SMILES string of the molecule is CCn1c(CNC(=O)c2nc(Br)cnc2N)[n+](C)c2ccc(OC(F)(F)F)cc21.O=C[O-]. The number of aromatic nitrogens is 4. The monoisotopic (exact) mass is 518 g/mol. The average Bonchev–Trinajstić information content (AvgIpc) is 2.97. The summed E-state index contributed by atoms with van der Waals surface area (Å²) in [6, 6.07) is 4.09. The van der Waals surface area contributed by atoms with Gasteiger partial charge in [0.05, 0.1) is 19.8 Å². The first-order valence-corrected chi connectivity index (χ1v) is 9.70. The molecule has 3 aromatic rings. The van der Waals surface area contributed by atoms with Crippen molar-refractivity contribution in [3.63, 3.8) is 0 Å². The van der Waals surface area contributed by atoms with Crippen LogP contribution in [-0.4, -0.2) is 33.3 Å². The van der Waals surface area contributed by atoms with E-state index in [-0.39, 0.29) is 23.8 Å². The molecule has 1 amide bonds. The van der Waals surface area contributed by atoms with E-state index in [1.807, 2.05) is 6.92 Å². The second kappa shape index (κ2) is 10.3. The summed E-state index contributed by atoms with van der Waals surface area (Å²) in [6.07, 6.45) is -3.40.